The fraction of sp³-hybridized carbons (Fsp3) is 0.0222. The number of fused-ring (bicyclic) bond motifs is 5. The molecule has 0 spiro atoms. The first-order valence-corrected chi connectivity index (χ1v) is 18.1. The number of halogens is 3. The lowest BCUT2D eigenvalue weighted by Crippen LogP contribution is -2.28. The highest BCUT2D eigenvalue weighted by Crippen LogP contribution is 2.46. The highest BCUT2D eigenvalue weighted by atomic mass is 32.2. The van der Waals surface area contributed by atoms with Crippen LogP contribution >= 0.6 is 0 Å². The van der Waals surface area contributed by atoms with Gasteiger partial charge in [-0.15, -0.1) is 0 Å². The maximum atomic E-state index is 12.9. The molecule has 0 saturated carbocycles. The molecule has 0 saturated heterocycles. The van der Waals surface area contributed by atoms with Crippen molar-refractivity contribution in [3.05, 3.63) is 164 Å². The molecular formula is C45H27F3O3S. The maximum Gasteiger partial charge on any atom is 0.534 e. The number of benzene rings is 9. The third-order valence-electron chi connectivity index (χ3n) is 9.73. The quantitative estimate of drug-likeness (QED) is 0.102. The number of alkyl halides is 3. The molecule has 9 aromatic rings. The molecule has 0 radical (unpaired) electrons. The minimum Gasteiger partial charge on any atom is -0.376 e. The van der Waals surface area contributed by atoms with Gasteiger partial charge in [0.05, 0.1) is 0 Å². The van der Waals surface area contributed by atoms with Crippen LogP contribution in [-0.2, 0) is 10.1 Å². The summed E-state index contributed by atoms with van der Waals surface area (Å²) < 4.78 is 66.4. The Kier molecular flexibility index (Phi) is 7.31. The van der Waals surface area contributed by atoms with E-state index in [4.69, 9.17) is 0 Å². The predicted octanol–water partition coefficient (Wildman–Crippen LogP) is 12.7. The summed E-state index contributed by atoms with van der Waals surface area (Å²) in [4.78, 5) is 0. The molecule has 0 heterocycles. The van der Waals surface area contributed by atoms with E-state index < -0.39 is 21.4 Å². The molecule has 9 aromatic carbocycles. The van der Waals surface area contributed by atoms with Gasteiger partial charge in [-0.3, -0.25) is 0 Å². The van der Waals surface area contributed by atoms with Crippen molar-refractivity contribution < 1.29 is 25.8 Å². The standard InChI is InChI=1S/C45H27F3O3S/c46-45(47,48)52(49,50)51-38-21-19-33-23-32(15-16-34(33)26-38)35-20-22-41-42(27-35)44(37-18-14-29-8-2-4-10-31(29)25-37)40-12-6-5-11-39(40)43(41)36-17-13-28-7-1-3-9-30(28)24-36/h1-27H. The third-order valence-corrected chi connectivity index (χ3v) is 10.7. The molecule has 0 unspecified atom stereocenters. The molecule has 0 bridgehead atoms. The number of hydrogen-bond acceptors (Lipinski definition) is 3. The third kappa shape index (κ3) is 5.41. The Morgan fingerprint density at radius 3 is 1.40 bits per heavy atom. The van der Waals surface area contributed by atoms with Crippen LogP contribution in [0.15, 0.2) is 164 Å². The normalized spacial score (nSPS) is 12.3. The average Bonchev–Trinajstić information content (AvgIpc) is 3.15. The summed E-state index contributed by atoms with van der Waals surface area (Å²) in [6.07, 6.45) is 0. The van der Waals surface area contributed by atoms with Crippen LogP contribution in [0.25, 0.3) is 87.2 Å². The van der Waals surface area contributed by atoms with Gasteiger partial charge in [-0.25, -0.2) is 0 Å². The predicted molar refractivity (Wildman–Crippen MR) is 206 cm³/mol. The van der Waals surface area contributed by atoms with Crippen LogP contribution in [0, 0.1) is 0 Å². The van der Waals surface area contributed by atoms with E-state index in [9.17, 15) is 21.6 Å². The van der Waals surface area contributed by atoms with Crippen molar-refractivity contribution >= 4 is 64.0 Å². The van der Waals surface area contributed by atoms with Gasteiger partial charge < -0.3 is 4.18 Å². The molecule has 0 aliphatic heterocycles. The summed E-state index contributed by atoms with van der Waals surface area (Å²) in [6.45, 7) is 0. The average molecular weight is 705 g/mol. The van der Waals surface area contributed by atoms with E-state index in [1.807, 2.05) is 30.3 Å². The van der Waals surface area contributed by atoms with E-state index in [2.05, 4.69) is 113 Å². The molecule has 0 amide bonds. The van der Waals surface area contributed by atoms with Gasteiger partial charge in [0.2, 0.25) is 0 Å². The smallest absolute Gasteiger partial charge is 0.376 e. The Bertz CT molecular complexity index is 3000. The second-order valence-electron chi connectivity index (χ2n) is 12.9. The Morgan fingerprint density at radius 2 is 0.788 bits per heavy atom. The summed E-state index contributed by atoms with van der Waals surface area (Å²) >= 11 is 0. The fourth-order valence-corrected chi connectivity index (χ4v) is 7.75. The Morgan fingerprint density at radius 1 is 0.385 bits per heavy atom. The highest BCUT2D eigenvalue weighted by molar-refractivity contribution is 7.88. The van der Waals surface area contributed by atoms with Gasteiger partial charge in [-0.1, -0.05) is 127 Å². The van der Waals surface area contributed by atoms with Gasteiger partial charge in [-0.2, -0.15) is 21.6 Å². The van der Waals surface area contributed by atoms with Gasteiger partial charge in [0, 0.05) is 0 Å². The van der Waals surface area contributed by atoms with Gasteiger partial charge in [-0.05, 0) is 124 Å². The second kappa shape index (κ2) is 12.0. The van der Waals surface area contributed by atoms with Crippen LogP contribution in [0.4, 0.5) is 13.2 Å². The zero-order valence-electron chi connectivity index (χ0n) is 27.4. The topological polar surface area (TPSA) is 43.4 Å². The lowest BCUT2D eigenvalue weighted by Gasteiger charge is -2.19. The van der Waals surface area contributed by atoms with Crippen molar-refractivity contribution in [3.8, 4) is 39.1 Å². The van der Waals surface area contributed by atoms with Crippen molar-refractivity contribution in [2.75, 3.05) is 0 Å². The maximum absolute atomic E-state index is 12.9. The lowest BCUT2D eigenvalue weighted by molar-refractivity contribution is -0.0500. The van der Waals surface area contributed by atoms with Crippen molar-refractivity contribution in [2.24, 2.45) is 0 Å². The van der Waals surface area contributed by atoms with E-state index in [1.165, 1.54) is 17.5 Å². The van der Waals surface area contributed by atoms with Crippen molar-refractivity contribution in [1.82, 2.24) is 0 Å². The minimum absolute atomic E-state index is 0.406. The monoisotopic (exact) mass is 704 g/mol. The first-order chi connectivity index (χ1) is 25.1. The SMILES string of the molecule is O=S(=O)(Oc1ccc2cc(-c3ccc4c(-c5ccc6ccccc6c5)c5ccccc5c(-c5ccc6ccccc6c5)c4c3)ccc2c1)C(F)(F)F. The molecule has 0 aliphatic rings. The molecule has 0 aromatic heterocycles. The van der Waals surface area contributed by atoms with Crippen molar-refractivity contribution in [1.29, 1.82) is 0 Å². The molecule has 52 heavy (non-hydrogen) atoms. The first-order valence-electron chi connectivity index (χ1n) is 16.6. The Hall–Kier alpha value is -6.18. The van der Waals surface area contributed by atoms with Gasteiger partial charge >= 0.3 is 15.6 Å². The van der Waals surface area contributed by atoms with E-state index in [-0.39, 0.29) is 0 Å². The fourth-order valence-electron chi connectivity index (χ4n) is 7.30. The van der Waals surface area contributed by atoms with E-state index in [1.54, 1.807) is 12.1 Å². The summed E-state index contributed by atoms with van der Waals surface area (Å²) in [5.74, 6) is -0.406. The van der Waals surface area contributed by atoms with Crippen LogP contribution in [0.3, 0.4) is 0 Å². The second-order valence-corrected chi connectivity index (χ2v) is 14.4. The molecule has 0 aliphatic carbocycles. The van der Waals surface area contributed by atoms with Crippen LogP contribution in [0.2, 0.25) is 0 Å². The van der Waals surface area contributed by atoms with Crippen LogP contribution < -0.4 is 4.18 Å². The zero-order chi connectivity index (χ0) is 35.6. The largest absolute Gasteiger partial charge is 0.534 e. The van der Waals surface area contributed by atoms with Gasteiger partial charge in [0.1, 0.15) is 5.75 Å². The molecular weight excluding hydrogens is 678 g/mol. The number of rotatable bonds is 5. The van der Waals surface area contributed by atoms with Gasteiger partial charge in [0.25, 0.3) is 0 Å². The molecule has 0 atom stereocenters. The molecule has 0 N–H and O–H groups in total. The summed E-state index contributed by atoms with van der Waals surface area (Å²) in [7, 11) is -5.78. The van der Waals surface area contributed by atoms with Crippen LogP contribution in [0.5, 0.6) is 5.75 Å². The molecule has 9 rings (SSSR count). The molecule has 0 fully saturated rings. The van der Waals surface area contributed by atoms with Crippen molar-refractivity contribution in [3.63, 3.8) is 0 Å². The molecule has 7 heteroatoms. The van der Waals surface area contributed by atoms with Crippen LogP contribution in [0.1, 0.15) is 0 Å². The summed E-state index contributed by atoms with van der Waals surface area (Å²) in [5.41, 5.74) is 0.819. The molecule has 252 valence electrons. The number of hydrogen-bond donors (Lipinski definition) is 0. The van der Waals surface area contributed by atoms with E-state index >= 15 is 0 Å². The van der Waals surface area contributed by atoms with E-state index in [0.717, 1.165) is 76.5 Å². The van der Waals surface area contributed by atoms with Gasteiger partial charge in [0.15, 0.2) is 0 Å². The molecule has 3 nitrogen and oxygen atoms in total. The Labute approximate surface area is 297 Å². The Balaban J connectivity index is 1.27. The summed E-state index contributed by atoms with van der Waals surface area (Å²) in [5, 5.41) is 10.4. The van der Waals surface area contributed by atoms with Crippen molar-refractivity contribution in [2.45, 2.75) is 5.51 Å². The lowest BCUT2D eigenvalue weighted by atomic mass is 9.84. The minimum atomic E-state index is -5.78. The van der Waals surface area contributed by atoms with E-state index in [0.29, 0.717) is 5.39 Å². The first kappa shape index (κ1) is 31.8. The zero-order valence-corrected chi connectivity index (χ0v) is 28.2. The summed E-state index contributed by atoms with van der Waals surface area (Å²) in [6, 6.07) is 54.6. The van der Waals surface area contributed by atoms with Crippen LogP contribution in [-0.4, -0.2) is 13.9 Å². The highest BCUT2D eigenvalue weighted by Gasteiger charge is 2.48.